The Morgan fingerprint density at radius 1 is 1.14 bits per heavy atom. The molecular weight excluding hydrogens is 288 g/mol. The number of piperidine rings is 1. The second kappa shape index (κ2) is 6.07. The first kappa shape index (κ1) is 16.5. The molecule has 5 nitrogen and oxygen atoms in total. The maximum Gasteiger partial charge on any atom is 0.410 e. The molecule has 0 aliphatic carbocycles. The molecule has 0 radical (unpaired) electrons. The summed E-state index contributed by atoms with van der Waals surface area (Å²) in [5.41, 5.74) is -0.476. The van der Waals surface area contributed by atoms with Crippen LogP contribution in [0.3, 0.4) is 0 Å². The number of carbonyl (C=O) groups excluding carboxylic acids is 2. The highest BCUT2D eigenvalue weighted by atomic mass is 32.1. The summed E-state index contributed by atoms with van der Waals surface area (Å²) >= 11 is 4.13. The van der Waals surface area contributed by atoms with E-state index in [0.29, 0.717) is 25.3 Å². The summed E-state index contributed by atoms with van der Waals surface area (Å²) in [4.78, 5) is 27.9. The van der Waals surface area contributed by atoms with Gasteiger partial charge in [-0.15, -0.1) is 0 Å². The van der Waals surface area contributed by atoms with E-state index in [-0.39, 0.29) is 17.5 Å². The summed E-state index contributed by atoms with van der Waals surface area (Å²) in [5.74, 6) is 0.789. The van der Waals surface area contributed by atoms with E-state index >= 15 is 0 Å². The lowest BCUT2D eigenvalue weighted by atomic mass is 9.76. The van der Waals surface area contributed by atoms with Gasteiger partial charge in [0, 0.05) is 31.6 Å². The maximum atomic E-state index is 12.1. The lowest BCUT2D eigenvalue weighted by molar-refractivity contribution is -0.151. The van der Waals surface area contributed by atoms with Gasteiger partial charge in [-0.05, 0) is 45.8 Å². The topological polar surface area (TPSA) is 49.9 Å². The van der Waals surface area contributed by atoms with E-state index in [1.807, 2.05) is 25.7 Å². The molecule has 0 N–H and O–H groups in total. The zero-order valence-electron chi connectivity index (χ0n) is 13.2. The van der Waals surface area contributed by atoms with Gasteiger partial charge >= 0.3 is 6.09 Å². The molecule has 21 heavy (non-hydrogen) atoms. The van der Waals surface area contributed by atoms with Crippen molar-refractivity contribution in [2.75, 3.05) is 25.4 Å². The number of nitrogens with zero attached hydrogens (tertiary/aromatic N) is 2. The number of hydrogen-bond acceptors (Lipinski definition) is 4. The molecule has 2 heterocycles. The Morgan fingerprint density at radius 2 is 1.71 bits per heavy atom. The van der Waals surface area contributed by atoms with Gasteiger partial charge in [0.25, 0.3) is 0 Å². The highest BCUT2D eigenvalue weighted by Crippen LogP contribution is 2.40. The van der Waals surface area contributed by atoms with Crippen molar-refractivity contribution in [3.63, 3.8) is 0 Å². The fraction of sp³-hybridized carbons (Fsp3) is 0.867. The summed E-state index contributed by atoms with van der Waals surface area (Å²) in [6, 6.07) is 0. The van der Waals surface area contributed by atoms with E-state index in [4.69, 9.17) is 4.74 Å². The highest BCUT2D eigenvalue weighted by molar-refractivity contribution is 7.80. The van der Waals surface area contributed by atoms with Gasteiger partial charge in [0.1, 0.15) is 5.60 Å². The molecule has 2 fully saturated rings. The molecule has 0 aromatic carbocycles. The van der Waals surface area contributed by atoms with Gasteiger partial charge < -0.3 is 14.5 Å². The van der Waals surface area contributed by atoms with Crippen molar-refractivity contribution < 1.29 is 14.3 Å². The molecule has 1 spiro atoms. The third-order valence-electron chi connectivity index (χ3n) is 4.35. The minimum atomic E-state index is -0.461. The summed E-state index contributed by atoms with van der Waals surface area (Å²) < 4.78 is 5.41. The van der Waals surface area contributed by atoms with Gasteiger partial charge in [-0.3, -0.25) is 4.79 Å². The number of ether oxygens (including phenoxy) is 1. The standard InChI is InChI=1S/C15H26N2O3S/c1-14(2,3)20-13(19)16-8-5-15(6-9-16)7-10-17(15)12(18)4-11-21/h21H,4-11H2,1-3H3. The maximum absolute atomic E-state index is 12.1. The van der Waals surface area contributed by atoms with Crippen LogP contribution in [-0.2, 0) is 9.53 Å². The normalized spacial score (nSPS) is 21.1. The van der Waals surface area contributed by atoms with Gasteiger partial charge in [-0.25, -0.2) is 4.79 Å². The number of thiol groups is 1. The Labute approximate surface area is 132 Å². The molecule has 0 aromatic rings. The van der Waals surface area contributed by atoms with Crippen LogP contribution in [-0.4, -0.2) is 58.3 Å². The highest BCUT2D eigenvalue weighted by Gasteiger charge is 2.49. The molecule has 2 aliphatic rings. The number of hydrogen-bond donors (Lipinski definition) is 1. The molecule has 2 rings (SSSR count). The third-order valence-corrected chi connectivity index (χ3v) is 4.57. The van der Waals surface area contributed by atoms with Crippen LogP contribution >= 0.6 is 12.6 Å². The van der Waals surface area contributed by atoms with Crippen molar-refractivity contribution in [2.24, 2.45) is 0 Å². The number of carbonyl (C=O) groups is 2. The summed E-state index contributed by atoms with van der Waals surface area (Å²) in [7, 11) is 0. The molecule has 0 bridgehead atoms. The van der Waals surface area contributed by atoms with Crippen LogP contribution in [0.2, 0.25) is 0 Å². The summed E-state index contributed by atoms with van der Waals surface area (Å²) in [6.07, 6.45) is 3.01. The van der Waals surface area contributed by atoms with Crippen LogP contribution in [0, 0.1) is 0 Å². The fourth-order valence-corrected chi connectivity index (χ4v) is 3.30. The Kier molecular flexibility index (Phi) is 4.76. The molecule has 2 amide bonds. The smallest absolute Gasteiger partial charge is 0.410 e. The zero-order chi connectivity index (χ0) is 15.7. The molecule has 0 unspecified atom stereocenters. The molecule has 6 heteroatoms. The average molecular weight is 314 g/mol. The minimum Gasteiger partial charge on any atom is -0.444 e. The Hall–Kier alpha value is -0.910. The quantitative estimate of drug-likeness (QED) is 0.796. The van der Waals surface area contributed by atoms with Crippen LogP contribution in [0.1, 0.15) is 46.5 Å². The van der Waals surface area contributed by atoms with E-state index in [2.05, 4.69) is 12.6 Å². The number of likely N-dealkylation sites (tertiary alicyclic amines) is 2. The van der Waals surface area contributed by atoms with Crippen LogP contribution in [0.5, 0.6) is 0 Å². The SMILES string of the molecule is CC(C)(C)OC(=O)N1CCC2(CC1)CCN2C(=O)CCS. The zero-order valence-corrected chi connectivity index (χ0v) is 14.1. The summed E-state index contributed by atoms with van der Waals surface area (Å²) in [6.45, 7) is 7.80. The molecule has 0 atom stereocenters. The van der Waals surface area contributed by atoms with E-state index in [1.54, 1.807) is 4.90 Å². The minimum absolute atomic E-state index is 0.0153. The molecule has 2 aliphatic heterocycles. The lowest BCUT2D eigenvalue weighted by Gasteiger charge is -2.56. The Balaban J connectivity index is 1.88. The molecule has 0 aromatic heterocycles. The van der Waals surface area contributed by atoms with Gasteiger partial charge in [0.2, 0.25) is 5.91 Å². The van der Waals surface area contributed by atoms with Gasteiger partial charge in [0.15, 0.2) is 0 Å². The summed E-state index contributed by atoms with van der Waals surface area (Å²) in [5, 5.41) is 0. The largest absolute Gasteiger partial charge is 0.444 e. The van der Waals surface area contributed by atoms with Crippen molar-refractivity contribution >= 4 is 24.6 Å². The molecule has 0 saturated carbocycles. The molecule has 120 valence electrons. The first-order chi connectivity index (χ1) is 9.77. The first-order valence-electron chi connectivity index (χ1n) is 7.67. The van der Waals surface area contributed by atoms with Crippen molar-refractivity contribution in [1.82, 2.24) is 9.80 Å². The molecule has 2 saturated heterocycles. The monoisotopic (exact) mass is 314 g/mol. The molecular formula is C15H26N2O3S. The first-order valence-corrected chi connectivity index (χ1v) is 8.30. The van der Waals surface area contributed by atoms with Crippen molar-refractivity contribution in [3.8, 4) is 0 Å². The van der Waals surface area contributed by atoms with Gasteiger partial charge in [0.05, 0.1) is 0 Å². The van der Waals surface area contributed by atoms with Crippen molar-refractivity contribution in [2.45, 2.75) is 57.6 Å². The number of amides is 2. The third kappa shape index (κ3) is 3.65. The predicted molar refractivity (Wildman–Crippen MR) is 84.6 cm³/mol. The second-order valence-electron chi connectivity index (χ2n) is 6.96. The van der Waals surface area contributed by atoms with Gasteiger partial charge in [-0.1, -0.05) is 0 Å². The van der Waals surface area contributed by atoms with Crippen LogP contribution in [0.4, 0.5) is 4.79 Å². The van der Waals surface area contributed by atoms with E-state index in [9.17, 15) is 9.59 Å². The van der Waals surface area contributed by atoms with Gasteiger partial charge in [-0.2, -0.15) is 12.6 Å². The van der Waals surface area contributed by atoms with Crippen LogP contribution in [0.15, 0.2) is 0 Å². The van der Waals surface area contributed by atoms with E-state index < -0.39 is 5.60 Å². The lowest BCUT2D eigenvalue weighted by Crippen LogP contribution is -2.66. The van der Waals surface area contributed by atoms with Crippen LogP contribution < -0.4 is 0 Å². The Morgan fingerprint density at radius 3 is 2.14 bits per heavy atom. The van der Waals surface area contributed by atoms with Crippen molar-refractivity contribution in [3.05, 3.63) is 0 Å². The second-order valence-corrected chi connectivity index (χ2v) is 7.41. The van der Waals surface area contributed by atoms with E-state index in [1.165, 1.54) is 0 Å². The van der Waals surface area contributed by atoms with E-state index in [0.717, 1.165) is 25.8 Å². The fourth-order valence-electron chi connectivity index (χ4n) is 3.11. The van der Waals surface area contributed by atoms with Crippen molar-refractivity contribution in [1.29, 1.82) is 0 Å². The number of rotatable bonds is 2. The average Bonchev–Trinajstić information content (AvgIpc) is 2.36. The Bertz CT molecular complexity index is 412. The van der Waals surface area contributed by atoms with Crippen LogP contribution in [0.25, 0.3) is 0 Å². The predicted octanol–water partition coefficient (Wildman–Crippen LogP) is 2.31.